The Balaban J connectivity index is 2.94. The molecule has 2 heteroatoms. The Hall–Kier alpha value is -0.0800. The highest BCUT2D eigenvalue weighted by atomic mass is 15.5. The van der Waals surface area contributed by atoms with Crippen LogP contribution >= 0.6 is 0 Å². The molecule has 0 aromatic heterocycles. The van der Waals surface area contributed by atoms with Crippen molar-refractivity contribution >= 4 is 0 Å². The molecule has 0 heterocycles. The van der Waals surface area contributed by atoms with Gasteiger partial charge in [-0.05, 0) is 13.5 Å². The van der Waals surface area contributed by atoms with E-state index >= 15 is 0 Å². The van der Waals surface area contributed by atoms with Gasteiger partial charge in [-0.1, -0.05) is 71.1 Å². The monoisotopic (exact) mass is 242 g/mol. The number of unbranched alkanes of at least 4 members (excludes halogenated alkanes) is 10. The summed E-state index contributed by atoms with van der Waals surface area (Å²) in [5.74, 6) is 0. The van der Waals surface area contributed by atoms with Crippen LogP contribution in [0.5, 0.6) is 0 Å². The summed E-state index contributed by atoms with van der Waals surface area (Å²) in [5, 5.41) is 2.16. The molecule has 1 N–H and O–H groups in total. The van der Waals surface area contributed by atoms with Crippen LogP contribution in [-0.2, 0) is 0 Å². The van der Waals surface area contributed by atoms with E-state index in [4.69, 9.17) is 0 Å². The van der Waals surface area contributed by atoms with Gasteiger partial charge in [0.25, 0.3) is 0 Å². The lowest BCUT2D eigenvalue weighted by Crippen LogP contribution is -2.31. The Morgan fingerprint density at radius 2 is 1.12 bits per heavy atom. The Kier molecular flexibility index (Phi) is 13.9. The zero-order valence-electron chi connectivity index (χ0n) is 12.4. The second-order valence-electron chi connectivity index (χ2n) is 5.18. The largest absolute Gasteiger partial charge is 0.259 e. The zero-order valence-corrected chi connectivity index (χ0v) is 12.4. The highest BCUT2D eigenvalue weighted by Crippen LogP contribution is 2.11. The van der Waals surface area contributed by atoms with E-state index in [1.807, 2.05) is 7.05 Å². The minimum absolute atomic E-state index is 1.17. The summed E-state index contributed by atoms with van der Waals surface area (Å²) >= 11 is 0. The van der Waals surface area contributed by atoms with E-state index in [1.54, 1.807) is 0 Å². The second-order valence-corrected chi connectivity index (χ2v) is 5.18. The summed E-state index contributed by atoms with van der Waals surface area (Å²) < 4.78 is 0. The van der Waals surface area contributed by atoms with Gasteiger partial charge >= 0.3 is 0 Å². The summed E-state index contributed by atoms with van der Waals surface area (Å²) in [7, 11) is 4.09. The van der Waals surface area contributed by atoms with E-state index in [0.29, 0.717) is 0 Å². The predicted octanol–water partition coefficient (Wildman–Crippen LogP) is 4.36. The molecular weight excluding hydrogens is 208 g/mol. The molecule has 0 fully saturated rings. The minimum Gasteiger partial charge on any atom is -0.259 e. The number of hydrogen-bond acceptors (Lipinski definition) is 2. The number of nitrogens with zero attached hydrogens (tertiary/aromatic N) is 1. The van der Waals surface area contributed by atoms with Crippen LogP contribution in [0.15, 0.2) is 0 Å². The third-order valence-corrected chi connectivity index (χ3v) is 3.48. The van der Waals surface area contributed by atoms with E-state index in [-0.39, 0.29) is 0 Å². The second kappa shape index (κ2) is 14.0. The van der Waals surface area contributed by atoms with Gasteiger partial charge in [0.1, 0.15) is 0 Å². The third-order valence-electron chi connectivity index (χ3n) is 3.48. The van der Waals surface area contributed by atoms with Gasteiger partial charge < -0.3 is 0 Å². The van der Waals surface area contributed by atoms with Crippen LogP contribution in [0.1, 0.15) is 77.6 Å². The average molecular weight is 242 g/mol. The minimum atomic E-state index is 1.17. The SMILES string of the molecule is CCCCCCCCCCCCCN(C)NC. The molecule has 0 saturated heterocycles. The third kappa shape index (κ3) is 13.9. The molecule has 0 aliphatic carbocycles. The zero-order chi connectivity index (χ0) is 12.8. The van der Waals surface area contributed by atoms with E-state index in [2.05, 4.69) is 24.4 Å². The molecule has 104 valence electrons. The van der Waals surface area contributed by atoms with Crippen molar-refractivity contribution in [1.82, 2.24) is 10.4 Å². The van der Waals surface area contributed by atoms with Crippen LogP contribution in [0.25, 0.3) is 0 Å². The van der Waals surface area contributed by atoms with Gasteiger partial charge in [-0.15, -0.1) is 0 Å². The Morgan fingerprint density at radius 3 is 1.53 bits per heavy atom. The van der Waals surface area contributed by atoms with Crippen LogP contribution in [0.4, 0.5) is 0 Å². The molecule has 0 bridgehead atoms. The Bertz CT molecular complexity index is 137. The van der Waals surface area contributed by atoms with Gasteiger partial charge in [-0.25, -0.2) is 5.01 Å². The lowest BCUT2D eigenvalue weighted by Gasteiger charge is -2.14. The first-order valence-corrected chi connectivity index (χ1v) is 7.69. The van der Waals surface area contributed by atoms with Crippen molar-refractivity contribution in [3.8, 4) is 0 Å². The predicted molar refractivity (Wildman–Crippen MR) is 78.2 cm³/mol. The van der Waals surface area contributed by atoms with Gasteiger partial charge in [0.2, 0.25) is 0 Å². The molecule has 17 heavy (non-hydrogen) atoms. The molecule has 0 amide bonds. The van der Waals surface area contributed by atoms with Crippen LogP contribution in [0, 0.1) is 0 Å². The molecule has 0 aliphatic rings. The maximum Gasteiger partial charge on any atom is 0.0127 e. The van der Waals surface area contributed by atoms with Crippen molar-refractivity contribution in [3.63, 3.8) is 0 Å². The summed E-state index contributed by atoms with van der Waals surface area (Å²) in [5.41, 5.74) is 3.13. The molecule has 0 atom stereocenters. The lowest BCUT2D eigenvalue weighted by molar-refractivity contribution is 0.254. The lowest BCUT2D eigenvalue weighted by atomic mass is 10.1. The fraction of sp³-hybridized carbons (Fsp3) is 1.00. The fourth-order valence-corrected chi connectivity index (χ4v) is 2.12. The number of rotatable bonds is 13. The summed E-state index contributed by atoms with van der Waals surface area (Å²) in [6.45, 7) is 3.46. The highest BCUT2D eigenvalue weighted by molar-refractivity contribution is 4.49. The van der Waals surface area contributed by atoms with Gasteiger partial charge in [0.15, 0.2) is 0 Å². The molecule has 0 radical (unpaired) electrons. The highest BCUT2D eigenvalue weighted by Gasteiger charge is 1.95. The number of hydrogen-bond donors (Lipinski definition) is 1. The summed E-state index contributed by atoms with van der Waals surface area (Å²) in [4.78, 5) is 0. The van der Waals surface area contributed by atoms with Gasteiger partial charge in [0.05, 0.1) is 0 Å². The van der Waals surface area contributed by atoms with Gasteiger partial charge in [0, 0.05) is 13.6 Å². The van der Waals surface area contributed by atoms with Crippen LogP contribution in [-0.4, -0.2) is 25.6 Å². The Labute approximate surface area is 109 Å². The van der Waals surface area contributed by atoms with E-state index in [0.717, 1.165) is 0 Å². The first-order chi connectivity index (χ1) is 8.31. The van der Waals surface area contributed by atoms with Crippen molar-refractivity contribution in [2.75, 3.05) is 20.6 Å². The van der Waals surface area contributed by atoms with Crippen molar-refractivity contribution in [1.29, 1.82) is 0 Å². The van der Waals surface area contributed by atoms with Crippen LogP contribution in [0.3, 0.4) is 0 Å². The maximum atomic E-state index is 3.13. The standard InChI is InChI=1S/C15H34N2/c1-4-5-6-7-8-9-10-11-12-13-14-15-17(3)16-2/h16H,4-15H2,1-3H3. The molecular formula is C15H34N2. The first kappa shape index (κ1) is 16.9. The molecule has 0 saturated carbocycles. The smallest absolute Gasteiger partial charge is 0.0127 e. The summed E-state index contributed by atoms with van der Waals surface area (Å²) in [6, 6.07) is 0. The molecule has 0 spiro atoms. The summed E-state index contributed by atoms with van der Waals surface area (Å²) in [6.07, 6.45) is 15.7. The van der Waals surface area contributed by atoms with Crippen molar-refractivity contribution in [3.05, 3.63) is 0 Å². The van der Waals surface area contributed by atoms with Crippen molar-refractivity contribution < 1.29 is 0 Å². The average Bonchev–Trinajstić information content (AvgIpc) is 2.35. The Morgan fingerprint density at radius 1 is 0.706 bits per heavy atom. The quantitative estimate of drug-likeness (QED) is 0.381. The fourth-order valence-electron chi connectivity index (χ4n) is 2.12. The molecule has 2 nitrogen and oxygen atoms in total. The van der Waals surface area contributed by atoms with E-state index in [1.165, 1.54) is 77.2 Å². The van der Waals surface area contributed by atoms with E-state index in [9.17, 15) is 0 Å². The molecule has 0 unspecified atom stereocenters. The molecule has 0 rings (SSSR count). The van der Waals surface area contributed by atoms with Crippen LogP contribution < -0.4 is 5.43 Å². The van der Waals surface area contributed by atoms with Crippen LogP contribution in [0.2, 0.25) is 0 Å². The molecule has 0 aromatic rings. The van der Waals surface area contributed by atoms with Crippen molar-refractivity contribution in [2.24, 2.45) is 0 Å². The topological polar surface area (TPSA) is 15.3 Å². The van der Waals surface area contributed by atoms with Gasteiger partial charge in [-0.3, -0.25) is 5.43 Å². The van der Waals surface area contributed by atoms with Crippen molar-refractivity contribution in [2.45, 2.75) is 77.6 Å². The maximum absolute atomic E-state index is 3.13. The van der Waals surface area contributed by atoms with Gasteiger partial charge in [-0.2, -0.15) is 0 Å². The molecule has 0 aliphatic heterocycles. The van der Waals surface area contributed by atoms with E-state index < -0.39 is 0 Å². The normalized spacial score (nSPS) is 11.3. The number of hydrazine groups is 1. The number of nitrogens with one attached hydrogen (secondary N) is 1. The first-order valence-electron chi connectivity index (χ1n) is 7.69. The molecule has 0 aromatic carbocycles.